The molecule has 5 heteroatoms. The second-order valence-corrected chi connectivity index (χ2v) is 11.0. The van der Waals surface area contributed by atoms with E-state index in [0.29, 0.717) is 19.0 Å². The van der Waals surface area contributed by atoms with Crippen LogP contribution in [0.3, 0.4) is 0 Å². The van der Waals surface area contributed by atoms with Crippen LogP contribution in [0.1, 0.15) is 57.7 Å². The van der Waals surface area contributed by atoms with Crippen molar-refractivity contribution in [3.63, 3.8) is 0 Å². The van der Waals surface area contributed by atoms with Gasteiger partial charge in [-0.3, -0.25) is 0 Å². The molecule has 0 atom stereocenters. The Morgan fingerprint density at radius 2 is 1.79 bits per heavy atom. The molecule has 0 N–H and O–H groups in total. The number of rotatable bonds is 4. The molecule has 2 aromatic carbocycles. The largest absolute Gasteiger partial charge is 0.497 e. The smallest absolute Gasteiger partial charge is 0.410 e. The fraction of sp³-hybridized carbons (Fsp3) is 0.552. The quantitative estimate of drug-likeness (QED) is 0.548. The SMILES string of the molecule is COc1cccc(-c2c3c(cc4c2N(CC(C)C)CCC4)CCN(C(=O)OC(C)(C)C)CC3)c1. The van der Waals surface area contributed by atoms with Gasteiger partial charge in [-0.25, -0.2) is 4.79 Å². The zero-order valence-electron chi connectivity index (χ0n) is 21.7. The molecule has 5 nitrogen and oxygen atoms in total. The number of benzene rings is 2. The summed E-state index contributed by atoms with van der Waals surface area (Å²) in [6, 6.07) is 10.9. The van der Waals surface area contributed by atoms with Crippen LogP contribution in [-0.2, 0) is 24.0 Å². The molecule has 1 amide bonds. The highest BCUT2D eigenvalue weighted by atomic mass is 16.6. The number of methoxy groups -OCH3 is 1. The summed E-state index contributed by atoms with van der Waals surface area (Å²) in [5, 5.41) is 0. The minimum atomic E-state index is -0.488. The summed E-state index contributed by atoms with van der Waals surface area (Å²) in [5.41, 5.74) is 7.61. The molecular weight excluding hydrogens is 424 g/mol. The summed E-state index contributed by atoms with van der Waals surface area (Å²) in [6.07, 6.45) is 3.74. The summed E-state index contributed by atoms with van der Waals surface area (Å²) in [5.74, 6) is 1.46. The average Bonchev–Trinajstić information content (AvgIpc) is 2.99. The van der Waals surface area contributed by atoms with Gasteiger partial charge >= 0.3 is 6.09 Å². The van der Waals surface area contributed by atoms with Crippen molar-refractivity contribution in [1.82, 2.24) is 4.90 Å². The van der Waals surface area contributed by atoms with Crippen LogP contribution in [0.25, 0.3) is 11.1 Å². The van der Waals surface area contributed by atoms with Crippen molar-refractivity contribution in [2.24, 2.45) is 5.92 Å². The van der Waals surface area contributed by atoms with Gasteiger partial charge in [-0.05, 0) is 86.8 Å². The minimum absolute atomic E-state index is 0.213. The number of hydrogen-bond donors (Lipinski definition) is 0. The van der Waals surface area contributed by atoms with Crippen molar-refractivity contribution in [3.05, 3.63) is 47.0 Å². The summed E-state index contributed by atoms with van der Waals surface area (Å²) < 4.78 is 11.3. The molecule has 0 spiro atoms. The van der Waals surface area contributed by atoms with E-state index in [4.69, 9.17) is 9.47 Å². The topological polar surface area (TPSA) is 42.0 Å². The van der Waals surface area contributed by atoms with Crippen LogP contribution in [0.5, 0.6) is 5.75 Å². The number of amides is 1. The van der Waals surface area contributed by atoms with Gasteiger partial charge in [0.1, 0.15) is 11.4 Å². The van der Waals surface area contributed by atoms with E-state index in [-0.39, 0.29) is 6.09 Å². The van der Waals surface area contributed by atoms with Gasteiger partial charge in [0.25, 0.3) is 0 Å². The van der Waals surface area contributed by atoms with Crippen LogP contribution in [0.4, 0.5) is 10.5 Å². The monoisotopic (exact) mass is 464 g/mol. The average molecular weight is 465 g/mol. The lowest BCUT2D eigenvalue weighted by Gasteiger charge is -2.36. The summed E-state index contributed by atoms with van der Waals surface area (Å²) in [4.78, 5) is 17.3. The van der Waals surface area contributed by atoms with Crippen LogP contribution in [0.2, 0.25) is 0 Å². The summed E-state index contributed by atoms with van der Waals surface area (Å²) >= 11 is 0. The van der Waals surface area contributed by atoms with Crippen molar-refractivity contribution in [1.29, 1.82) is 0 Å². The number of anilines is 1. The molecule has 2 heterocycles. The number of carbonyl (C=O) groups is 1. The van der Waals surface area contributed by atoms with Crippen molar-refractivity contribution >= 4 is 11.8 Å². The molecule has 0 saturated carbocycles. The normalized spacial score (nSPS) is 16.1. The van der Waals surface area contributed by atoms with Crippen molar-refractivity contribution in [3.8, 4) is 16.9 Å². The van der Waals surface area contributed by atoms with Gasteiger partial charge in [0.15, 0.2) is 0 Å². The van der Waals surface area contributed by atoms with Gasteiger partial charge < -0.3 is 19.3 Å². The maximum Gasteiger partial charge on any atom is 0.410 e. The lowest BCUT2D eigenvalue weighted by atomic mass is 9.85. The van der Waals surface area contributed by atoms with Crippen LogP contribution < -0.4 is 9.64 Å². The van der Waals surface area contributed by atoms with E-state index in [1.807, 2.05) is 31.7 Å². The molecule has 0 unspecified atom stereocenters. The highest BCUT2D eigenvalue weighted by molar-refractivity contribution is 5.86. The van der Waals surface area contributed by atoms with E-state index >= 15 is 0 Å². The van der Waals surface area contributed by atoms with Gasteiger partial charge in [0, 0.05) is 37.4 Å². The maximum absolute atomic E-state index is 12.9. The number of ether oxygens (including phenoxy) is 2. The fourth-order valence-corrected chi connectivity index (χ4v) is 5.30. The number of aryl methyl sites for hydroxylation is 1. The summed E-state index contributed by atoms with van der Waals surface area (Å²) in [6.45, 7) is 13.9. The third-order valence-electron chi connectivity index (χ3n) is 6.65. The van der Waals surface area contributed by atoms with Gasteiger partial charge in [-0.15, -0.1) is 0 Å². The first kappa shape index (κ1) is 24.4. The van der Waals surface area contributed by atoms with E-state index in [9.17, 15) is 4.79 Å². The van der Waals surface area contributed by atoms with Crippen LogP contribution in [-0.4, -0.2) is 49.9 Å². The fourth-order valence-electron chi connectivity index (χ4n) is 5.30. The van der Waals surface area contributed by atoms with Gasteiger partial charge in [-0.2, -0.15) is 0 Å². The molecule has 4 rings (SSSR count). The standard InChI is InChI=1S/C29H40N2O3/c1-20(2)19-31-14-8-10-23-17-21-12-15-30(28(32)34-29(3,4)5)16-13-25(21)26(27(23)31)22-9-7-11-24(18-22)33-6/h7,9,11,17-18,20H,8,10,12-16,19H2,1-6H3. The van der Waals surface area contributed by atoms with E-state index in [1.165, 1.54) is 39.9 Å². The molecule has 2 aromatic rings. The van der Waals surface area contributed by atoms with Gasteiger partial charge in [0.2, 0.25) is 0 Å². The molecule has 0 fully saturated rings. The highest BCUT2D eigenvalue weighted by Crippen LogP contribution is 2.43. The third kappa shape index (κ3) is 5.34. The van der Waals surface area contributed by atoms with Crippen molar-refractivity contribution in [2.75, 3.05) is 38.2 Å². The number of nitrogens with zero attached hydrogens (tertiary/aromatic N) is 2. The zero-order valence-corrected chi connectivity index (χ0v) is 21.7. The zero-order chi connectivity index (χ0) is 24.5. The van der Waals surface area contributed by atoms with Gasteiger partial charge in [-0.1, -0.05) is 32.0 Å². The second-order valence-electron chi connectivity index (χ2n) is 11.0. The first-order valence-corrected chi connectivity index (χ1v) is 12.7. The Balaban J connectivity index is 1.80. The van der Waals surface area contributed by atoms with E-state index in [2.05, 4.69) is 43.0 Å². The molecule has 0 radical (unpaired) electrons. The Labute approximate surface area is 205 Å². The van der Waals surface area contributed by atoms with Crippen molar-refractivity contribution < 1.29 is 14.3 Å². The van der Waals surface area contributed by atoms with Crippen molar-refractivity contribution in [2.45, 2.75) is 65.9 Å². The van der Waals surface area contributed by atoms with Crippen LogP contribution in [0, 0.1) is 5.92 Å². The molecule has 0 bridgehead atoms. The van der Waals surface area contributed by atoms with E-state index < -0.39 is 5.60 Å². The van der Waals surface area contributed by atoms with Crippen LogP contribution in [0.15, 0.2) is 30.3 Å². The van der Waals surface area contributed by atoms with E-state index in [1.54, 1.807) is 7.11 Å². The molecule has 0 saturated heterocycles. The molecule has 2 aliphatic heterocycles. The molecule has 0 aromatic heterocycles. The number of carbonyl (C=O) groups excluding carboxylic acids is 1. The van der Waals surface area contributed by atoms with E-state index in [0.717, 1.165) is 38.1 Å². The van der Waals surface area contributed by atoms with Crippen LogP contribution >= 0.6 is 0 Å². The Hall–Kier alpha value is -2.69. The number of hydrogen-bond acceptors (Lipinski definition) is 4. The predicted octanol–water partition coefficient (Wildman–Crippen LogP) is 6.11. The predicted molar refractivity (Wildman–Crippen MR) is 139 cm³/mol. The maximum atomic E-state index is 12.9. The van der Waals surface area contributed by atoms with Gasteiger partial charge in [0.05, 0.1) is 7.11 Å². The second kappa shape index (κ2) is 9.89. The molecule has 0 aliphatic carbocycles. The minimum Gasteiger partial charge on any atom is -0.497 e. The Kier molecular flexibility index (Phi) is 7.11. The molecule has 34 heavy (non-hydrogen) atoms. The lowest BCUT2D eigenvalue weighted by Crippen LogP contribution is -2.38. The Morgan fingerprint density at radius 1 is 1.03 bits per heavy atom. The molecule has 2 aliphatic rings. The third-order valence-corrected chi connectivity index (χ3v) is 6.65. The lowest BCUT2D eigenvalue weighted by molar-refractivity contribution is 0.0258. The first-order chi connectivity index (χ1) is 16.2. The Morgan fingerprint density at radius 3 is 2.50 bits per heavy atom. The first-order valence-electron chi connectivity index (χ1n) is 12.7. The molecule has 184 valence electrons. The summed E-state index contributed by atoms with van der Waals surface area (Å²) in [7, 11) is 1.73. The molecular formula is C29H40N2O3. The highest BCUT2D eigenvalue weighted by Gasteiger charge is 2.30. The number of fused-ring (bicyclic) bond motifs is 2. The Bertz CT molecular complexity index is 1040.